The van der Waals surface area contributed by atoms with Gasteiger partial charge in [0.1, 0.15) is 0 Å². The summed E-state index contributed by atoms with van der Waals surface area (Å²) in [5.74, 6) is 0. The monoisotopic (exact) mass is 398 g/mol. The Balaban J connectivity index is 1.90. The van der Waals surface area contributed by atoms with Crippen LogP contribution in [0.4, 0.5) is 21.0 Å². The van der Waals surface area contributed by atoms with Gasteiger partial charge in [0, 0.05) is 24.0 Å². The molecule has 0 aliphatic heterocycles. The molecule has 0 aromatic heterocycles. The molecule has 29 heavy (non-hydrogen) atoms. The highest BCUT2D eigenvalue weighted by atomic mass is 16.5. The Morgan fingerprint density at radius 1 is 0.931 bits per heavy atom. The zero-order chi connectivity index (χ0) is 21.1. The molecule has 7 heteroatoms. The minimum atomic E-state index is -0.538. The van der Waals surface area contributed by atoms with Gasteiger partial charge in [-0.15, -0.1) is 0 Å². The molecule has 3 amide bonds. The Morgan fingerprint density at radius 3 is 2.07 bits per heavy atom. The zero-order valence-corrected chi connectivity index (χ0v) is 17.3. The van der Waals surface area contributed by atoms with E-state index in [-0.39, 0.29) is 12.1 Å². The highest BCUT2D eigenvalue weighted by molar-refractivity contribution is 5.90. The van der Waals surface area contributed by atoms with Crippen LogP contribution < -0.4 is 16.0 Å². The third-order valence-electron chi connectivity index (χ3n) is 4.72. The van der Waals surface area contributed by atoms with Crippen molar-refractivity contribution >= 4 is 23.5 Å². The van der Waals surface area contributed by atoms with Gasteiger partial charge in [-0.3, -0.25) is 10.2 Å². The van der Waals surface area contributed by atoms with Gasteiger partial charge in [-0.2, -0.15) is 0 Å². The first-order chi connectivity index (χ1) is 14.0. The normalized spacial score (nSPS) is 11.6. The van der Waals surface area contributed by atoms with Crippen LogP contribution in [-0.4, -0.2) is 49.8 Å². The van der Waals surface area contributed by atoms with Crippen molar-refractivity contribution in [1.82, 2.24) is 10.2 Å². The van der Waals surface area contributed by atoms with Crippen LogP contribution in [0.5, 0.6) is 0 Å². The van der Waals surface area contributed by atoms with Gasteiger partial charge in [-0.1, -0.05) is 44.2 Å². The lowest BCUT2D eigenvalue weighted by Gasteiger charge is -2.30. The van der Waals surface area contributed by atoms with E-state index in [0.29, 0.717) is 17.9 Å². The fraction of sp³-hybridized carbons (Fsp3) is 0.364. The minimum absolute atomic E-state index is 0.213. The lowest BCUT2D eigenvalue weighted by molar-refractivity contribution is 0.187. The maximum atomic E-state index is 12.3. The van der Waals surface area contributed by atoms with E-state index in [1.807, 2.05) is 18.2 Å². The summed E-state index contributed by atoms with van der Waals surface area (Å²) in [4.78, 5) is 25.9. The van der Waals surface area contributed by atoms with Gasteiger partial charge in [0.25, 0.3) is 0 Å². The predicted octanol–water partition coefficient (Wildman–Crippen LogP) is 3.94. The maximum Gasteiger partial charge on any atom is 0.411 e. The van der Waals surface area contributed by atoms with Gasteiger partial charge in [-0.25, -0.2) is 9.59 Å². The lowest BCUT2D eigenvalue weighted by Crippen LogP contribution is -2.46. The summed E-state index contributed by atoms with van der Waals surface area (Å²) in [7, 11) is 1.30. The molecule has 0 spiro atoms. The molecule has 0 saturated carbocycles. The number of hydrogen-bond donors (Lipinski definition) is 3. The number of amides is 3. The van der Waals surface area contributed by atoms with E-state index >= 15 is 0 Å². The molecule has 0 bridgehead atoms. The van der Waals surface area contributed by atoms with Gasteiger partial charge >= 0.3 is 12.1 Å². The molecule has 2 rings (SSSR count). The summed E-state index contributed by atoms with van der Waals surface area (Å²) in [5, 5.41) is 8.36. The second-order valence-electron chi connectivity index (χ2n) is 6.59. The molecule has 7 nitrogen and oxygen atoms in total. The van der Waals surface area contributed by atoms with Gasteiger partial charge in [-0.05, 0) is 49.3 Å². The van der Waals surface area contributed by atoms with Crippen molar-refractivity contribution in [3.63, 3.8) is 0 Å². The topological polar surface area (TPSA) is 82.7 Å². The van der Waals surface area contributed by atoms with Gasteiger partial charge in [0.15, 0.2) is 0 Å². The van der Waals surface area contributed by atoms with Crippen LogP contribution in [0.2, 0.25) is 0 Å². The van der Waals surface area contributed by atoms with Crippen LogP contribution in [0.25, 0.3) is 0 Å². The molecule has 1 atom stereocenters. The largest absolute Gasteiger partial charge is 0.453 e. The van der Waals surface area contributed by atoms with E-state index in [1.165, 1.54) is 12.7 Å². The van der Waals surface area contributed by atoms with Crippen molar-refractivity contribution in [1.29, 1.82) is 0 Å². The second-order valence-corrected chi connectivity index (χ2v) is 6.59. The van der Waals surface area contributed by atoms with E-state index < -0.39 is 6.09 Å². The summed E-state index contributed by atoms with van der Waals surface area (Å²) in [6.07, 6.45) is 0.334. The van der Waals surface area contributed by atoms with Gasteiger partial charge in [0.2, 0.25) is 0 Å². The number of rotatable bonds is 9. The first kappa shape index (κ1) is 22.2. The standard InChI is InChI=1S/C22H30N4O3/c1-4-26(5-2)20(15-17-9-7-6-8-10-17)16-23-21(27)24-18-11-13-19(14-12-18)25-22(28)29-3/h6-14,20H,4-5,15-16H2,1-3H3,(H,25,28)(H2,23,24,27). The van der Waals surface area contributed by atoms with Crippen LogP contribution in [0, 0.1) is 0 Å². The quantitative estimate of drug-likeness (QED) is 0.597. The van der Waals surface area contributed by atoms with Gasteiger partial charge in [0.05, 0.1) is 7.11 Å². The smallest absolute Gasteiger partial charge is 0.411 e. The third kappa shape index (κ3) is 7.46. The van der Waals surface area contributed by atoms with Crippen LogP contribution in [0.1, 0.15) is 19.4 Å². The van der Waals surface area contributed by atoms with Crippen LogP contribution in [0.15, 0.2) is 54.6 Å². The minimum Gasteiger partial charge on any atom is -0.453 e. The Labute approximate surface area is 172 Å². The molecule has 3 N–H and O–H groups in total. The van der Waals surface area contributed by atoms with Crippen molar-refractivity contribution in [2.45, 2.75) is 26.3 Å². The summed E-state index contributed by atoms with van der Waals surface area (Å²) in [6, 6.07) is 17.1. The van der Waals surface area contributed by atoms with Crippen molar-refractivity contribution in [3.05, 3.63) is 60.2 Å². The molecule has 0 aliphatic rings. The molecular weight excluding hydrogens is 368 g/mol. The molecule has 0 heterocycles. The number of benzene rings is 2. The number of hydrogen-bond acceptors (Lipinski definition) is 4. The molecular formula is C22H30N4O3. The number of urea groups is 1. The van der Waals surface area contributed by atoms with Crippen molar-refractivity contribution in [2.75, 3.05) is 37.4 Å². The second kappa shape index (κ2) is 11.7. The van der Waals surface area contributed by atoms with E-state index in [2.05, 4.69) is 51.6 Å². The fourth-order valence-corrected chi connectivity index (χ4v) is 3.15. The van der Waals surface area contributed by atoms with Crippen molar-refractivity contribution < 1.29 is 14.3 Å². The molecule has 1 unspecified atom stereocenters. The fourth-order valence-electron chi connectivity index (χ4n) is 3.15. The van der Waals surface area contributed by atoms with E-state index in [0.717, 1.165) is 19.5 Å². The molecule has 2 aromatic carbocycles. The summed E-state index contributed by atoms with van der Waals surface area (Å²) in [6.45, 7) is 6.65. The number of carbonyl (C=O) groups is 2. The predicted molar refractivity (Wildman–Crippen MR) is 116 cm³/mol. The number of carbonyl (C=O) groups excluding carboxylic acids is 2. The third-order valence-corrected chi connectivity index (χ3v) is 4.72. The van der Waals surface area contributed by atoms with Crippen LogP contribution >= 0.6 is 0 Å². The highest BCUT2D eigenvalue weighted by Crippen LogP contribution is 2.14. The Kier molecular flexibility index (Phi) is 8.98. The molecule has 0 fully saturated rings. The molecule has 0 radical (unpaired) electrons. The zero-order valence-electron chi connectivity index (χ0n) is 17.3. The number of nitrogens with one attached hydrogen (secondary N) is 3. The highest BCUT2D eigenvalue weighted by Gasteiger charge is 2.17. The molecule has 2 aromatic rings. The van der Waals surface area contributed by atoms with Crippen LogP contribution in [-0.2, 0) is 11.2 Å². The van der Waals surface area contributed by atoms with Crippen molar-refractivity contribution in [3.8, 4) is 0 Å². The first-order valence-electron chi connectivity index (χ1n) is 9.83. The van der Waals surface area contributed by atoms with Crippen LogP contribution in [0.3, 0.4) is 0 Å². The summed E-state index contributed by atoms with van der Waals surface area (Å²) in [5.41, 5.74) is 2.48. The van der Waals surface area contributed by atoms with E-state index in [9.17, 15) is 9.59 Å². The molecule has 0 aliphatic carbocycles. The Hall–Kier alpha value is -3.06. The maximum absolute atomic E-state index is 12.3. The van der Waals surface area contributed by atoms with Gasteiger partial charge < -0.3 is 15.4 Å². The number of nitrogens with zero attached hydrogens (tertiary/aromatic N) is 1. The van der Waals surface area contributed by atoms with E-state index in [4.69, 9.17) is 0 Å². The average Bonchev–Trinajstić information content (AvgIpc) is 2.74. The lowest BCUT2D eigenvalue weighted by atomic mass is 10.0. The Bertz CT molecular complexity index is 761. The number of anilines is 2. The SMILES string of the molecule is CCN(CC)C(CNC(=O)Nc1ccc(NC(=O)OC)cc1)Cc1ccccc1. The van der Waals surface area contributed by atoms with Crippen molar-refractivity contribution in [2.24, 2.45) is 0 Å². The Morgan fingerprint density at radius 2 is 1.52 bits per heavy atom. The molecule has 156 valence electrons. The summed E-state index contributed by atoms with van der Waals surface area (Å²) >= 11 is 0. The van der Waals surface area contributed by atoms with E-state index in [1.54, 1.807) is 24.3 Å². The number of methoxy groups -OCH3 is 1. The average molecular weight is 399 g/mol. The molecule has 0 saturated heterocycles. The number of ether oxygens (including phenoxy) is 1. The first-order valence-corrected chi connectivity index (χ1v) is 9.83. The number of likely N-dealkylation sites (N-methyl/N-ethyl adjacent to an activating group) is 1. The summed E-state index contributed by atoms with van der Waals surface area (Å²) < 4.78 is 4.55.